The van der Waals surface area contributed by atoms with Gasteiger partial charge in [0.1, 0.15) is 17.9 Å². The summed E-state index contributed by atoms with van der Waals surface area (Å²) in [5.74, 6) is -1.41. The third-order valence-electron chi connectivity index (χ3n) is 1.71. The van der Waals surface area contributed by atoms with Gasteiger partial charge in [0.05, 0.1) is 0 Å². The van der Waals surface area contributed by atoms with Crippen LogP contribution in [0.4, 0.5) is 8.78 Å². The summed E-state index contributed by atoms with van der Waals surface area (Å²) in [7, 11) is 0. The van der Waals surface area contributed by atoms with Crippen LogP contribution in [0.15, 0.2) is 18.2 Å². The fourth-order valence-electron chi connectivity index (χ4n) is 1.15. The Labute approximate surface area is 75.4 Å². The molecule has 0 aromatic heterocycles. The topological polar surface area (TPSA) is 17.1 Å². The fourth-order valence-corrected chi connectivity index (χ4v) is 1.15. The van der Waals surface area contributed by atoms with Crippen molar-refractivity contribution in [2.75, 3.05) is 0 Å². The Morgan fingerprint density at radius 1 is 1.31 bits per heavy atom. The van der Waals surface area contributed by atoms with Gasteiger partial charge in [0.15, 0.2) is 0 Å². The van der Waals surface area contributed by atoms with Gasteiger partial charge >= 0.3 is 0 Å². The molecule has 1 nitrogen and oxygen atoms in total. The molecule has 0 fully saturated rings. The first-order valence-corrected chi connectivity index (χ1v) is 4.02. The van der Waals surface area contributed by atoms with E-state index in [1.54, 1.807) is 6.92 Å². The van der Waals surface area contributed by atoms with Crippen molar-refractivity contribution in [3.63, 3.8) is 0 Å². The molecule has 1 atom stereocenters. The molecule has 70 valence electrons. The average Bonchev–Trinajstić information content (AvgIpc) is 2.02. The van der Waals surface area contributed by atoms with E-state index in [2.05, 4.69) is 0 Å². The van der Waals surface area contributed by atoms with Crippen LogP contribution in [0.1, 0.15) is 12.5 Å². The van der Waals surface area contributed by atoms with Gasteiger partial charge in [0, 0.05) is 12.0 Å². The summed E-state index contributed by atoms with van der Waals surface area (Å²) in [6.45, 7) is 1.70. The van der Waals surface area contributed by atoms with Crippen LogP contribution < -0.4 is 0 Å². The van der Waals surface area contributed by atoms with Crippen molar-refractivity contribution in [1.82, 2.24) is 0 Å². The van der Waals surface area contributed by atoms with Gasteiger partial charge in [-0.15, -0.1) is 0 Å². The predicted octanol–water partition coefficient (Wildman–Crippen LogP) is 2.34. The number of carbonyl (C=O) groups excluding carboxylic acids is 1. The van der Waals surface area contributed by atoms with E-state index in [0.29, 0.717) is 12.0 Å². The third-order valence-corrected chi connectivity index (χ3v) is 1.71. The van der Waals surface area contributed by atoms with Crippen LogP contribution in [0.2, 0.25) is 0 Å². The highest BCUT2D eigenvalue weighted by Crippen LogP contribution is 2.11. The predicted molar refractivity (Wildman–Crippen MR) is 45.3 cm³/mol. The van der Waals surface area contributed by atoms with E-state index < -0.39 is 11.6 Å². The first-order chi connectivity index (χ1) is 6.11. The lowest BCUT2D eigenvalue weighted by Gasteiger charge is -2.03. The molecule has 1 aromatic rings. The van der Waals surface area contributed by atoms with Gasteiger partial charge in [0.25, 0.3) is 0 Å². The van der Waals surface area contributed by atoms with Crippen LogP contribution in [0.25, 0.3) is 0 Å². The molecular formula is C10H10F2O. The summed E-state index contributed by atoms with van der Waals surface area (Å²) < 4.78 is 25.3. The lowest BCUT2D eigenvalue weighted by molar-refractivity contribution is -0.110. The van der Waals surface area contributed by atoms with E-state index in [4.69, 9.17) is 0 Å². The van der Waals surface area contributed by atoms with Gasteiger partial charge in [-0.25, -0.2) is 8.78 Å². The van der Waals surface area contributed by atoms with Gasteiger partial charge in [-0.1, -0.05) is 6.92 Å². The van der Waals surface area contributed by atoms with E-state index in [-0.39, 0.29) is 5.92 Å². The van der Waals surface area contributed by atoms with E-state index >= 15 is 0 Å². The lowest BCUT2D eigenvalue weighted by atomic mass is 10.0. The molecule has 0 N–H and O–H groups in total. The summed E-state index contributed by atoms with van der Waals surface area (Å²) in [6.07, 6.45) is 1.14. The summed E-state index contributed by atoms with van der Waals surface area (Å²) in [5.41, 5.74) is 0.511. The van der Waals surface area contributed by atoms with E-state index in [1.165, 1.54) is 12.1 Å². The Hall–Kier alpha value is -1.25. The first-order valence-electron chi connectivity index (χ1n) is 4.02. The highest BCUT2D eigenvalue weighted by molar-refractivity contribution is 5.53. The molecule has 0 saturated carbocycles. The summed E-state index contributed by atoms with van der Waals surface area (Å²) in [6, 6.07) is 3.29. The molecule has 0 radical (unpaired) electrons. The molecule has 0 aliphatic carbocycles. The van der Waals surface area contributed by atoms with E-state index in [1.807, 2.05) is 0 Å². The van der Waals surface area contributed by atoms with Gasteiger partial charge < -0.3 is 4.79 Å². The van der Waals surface area contributed by atoms with E-state index in [9.17, 15) is 13.6 Å². The molecule has 13 heavy (non-hydrogen) atoms. The van der Waals surface area contributed by atoms with Crippen molar-refractivity contribution in [3.05, 3.63) is 35.4 Å². The van der Waals surface area contributed by atoms with Crippen molar-refractivity contribution in [3.8, 4) is 0 Å². The number of benzene rings is 1. The van der Waals surface area contributed by atoms with Crippen LogP contribution in [-0.2, 0) is 11.2 Å². The number of hydrogen-bond acceptors (Lipinski definition) is 1. The Bertz CT molecular complexity index is 290. The standard InChI is InChI=1S/C10H10F2O/c1-7(6-13)2-8-3-9(11)5-10(12)4-8/h3-7H,2H2,1H3/t7-/m0/s1. The SMILES string of the molecule is C[C@H](C=O)Cc1cc(F)cc(F)c1. The molecule has 0 aliphatic rings. The summed E-state index contributed by atoms with van der Waals surface area (Å²) in [5, 5.41) is 0. The minimum absolute atomic E-state index is 0.207. The number of halogens is 2. The van der Waals surface area contributed by atoms with Gasteiger partial charge in [-0.2, -0.15) is 0 Å². The van der Waals surface area contributed by atoms with Gasteiger partial charge in [-0.3, -0.25) is 0 Å². The van der Waals surface area contributed by atoms with Crippen molar-refractivity contribution < 1.29 is 13.6 Å². The van der Waals surface area contributed by atoms with Gasteiger partial charge in [-0.05, 0) is 24.1 Å². The molecule has 1 rings (SSSR count). The first kappa shape index (κ1) is 9.84. The zero-order valence-corrected chi connectivity index (χ0v) is 7.26. The molecule has 3 heteroatoms. The zero-order valence-electron chi connectivity index (χ0n) is 7.26. The van der Waals surface area contributed by atoms with Crippen molar-refractivity contribution >= 4 is 6.29 Å². The maximum absolute atomic E-state index is 12.7. The second-order valence-electron chi connectivity index (χ2n) is 3.10. The molecule has 0 spiro atoms. The van der Waals surface area contributed by atoms with Crippen LogP contribution in [0.5, 0.6) is 0 Å². The molecule has 0 saturated heterocycles. The summed E-state index contributed by atoms with van der Waals surface area (Å²) >= 11 is 0. The molecular weight excluding hydrogens is 174 g/mol. The second kappa shape index (κ2) is 4.12. The van der Waals surface area contributed by atoms with Crippen molar-refractivity contribution in [2.24, 2.45) is 5.92 Å². The molecule has 0 amide bonds. The number of carbonyl (C=O) groups is 1. The molecule has 0 aliphatic heterocycles. The minimum atomic E-state index is -0.604. The second-order valence-corrected chi connectivity index (χ2v) is 3.10. The van der Waals surface area contributed by atoms with Crippen molar-refractivity contribution in [1.29, 1.82) is 0 Å². The number of hydrogen-bond donors (Lipinski definition) is 0. The zero-order chi connectivity index (χ0) is 9.84. The normalized spacial score (nSPS) is 12.5. The smallest absolute Gasteiger partial charge is 0.126 e. The maximum atomic E-state index is 12.7. The Morgan fingerprint density at radius 3 is 2.31 bits per heavy atom. The minimum Gasteiger partial charge on any atom is -0.303 e. The van der Waals surface area contributed by atoms with Crippen LogP contribution in [0.3, 0.4) is 0 Å². The Balaban J connectivity index is 2.82. The lowest BCUT2D eigenvalue weighted by Crippen LogP contribution is -2.01. The van der Waals surface area contributed by atoms with Crippen LogP contribution in [0, 0.1) is 17.6 Å². The third kappa shape index (κ3) is 2.93. The van der Waals surface area contributed by atoms with Crippen LogP contribution in [-0.4, -0.2) is 6.29 Å². The van der Waals surface area contributed by atoms with Gasteiger partial charge in [0.2, 0.25) is 0 Å². The number of aldehydes is 1. The number of rotatable bonds is 3. The summed E-state index contributed by atoms with van der Waals surface area (Å²) in [4.78, 5) is 10.3. The Morgan fingerprint density at radius 2 is 1.85 bits per heavy atom. The monoisotopic (exact) mass is 184 g/mol. The van der Waals surface area contributed by atoms with Crippen LogP contribution >= 0.6 is 0 Å². The van der Waals surface area contributed by atoms with Crippen molar-refractivity contribution in [2.45, 2.75) is 13.3 Å². The quantitative estimate of drug-likeness (QED) is 0.659. The average molecular weight is 184 g/mol. The Kier molecular flexibility index (Phi) is 3.12. The largest absolute Gasteiger partial charge is 0.303 e. The molecule has 0 heterocycles. The molecule has 1 aromatic carbocycles. The molecule has 0 bridgehead atoms. The fraction of sp³-hybridized carbons (Fsp3) is 0.300. The molecule has 0 unspecified atom stereocenters. The highest BCUT2D eigenvalue weighted by atomic mass is 19.1. The highest BCUT2D eigenvalue weighted by Gasteiger charge is 2.04. The maximum Gasteiger partial charge on any atom is 0.126 e. The van der Waals surface area contributed by atoms with E-state index in [0.717, 1.165) is 12.4 Å².